The molecule has 2 amide bonds. The summed E-state index contributed by atoms with van der Waals surface area (Å²) in [5.74, 6) is -0.00818. The van der Waals surface area contributed by atoms with Crippen molar-refractivity contribution in [1.82, 2.24) is 9.80 Å². The minimum absolute atomic E-state index is 0.0686. The topological polar surface area (TPSA) is 49.9 Å². The standard InChI is InChI=1S/C19H25ClN2O3/c1-14(13-15-4-6-16(20)7-5-15)18(23)22-8-2-3-17(22)19(24)21-9-11-25-12-10-21/h4-7,14,17H,2-3,8-13H2,1H3/t14?,17-/m1/s1. The number of hydrogen-bond acceptors (Lipinski definition) is 3. The molecule has 0 bridgehead atoms. The molecule has 2 atom stereocenters. The van der Waals surface area contributed by atoms with Crippen molar-refractivity contribution in [3.8, 4) is 0 Å². The van der Waals surface area contributed by atoms with Gasteiger partial charge in [0, 0.05) is 30.6 Å². The van der Waals surface area contributed by atoms with Gasteiger partial charge in [0.25, 0.3) is 0 Å². The van der Waals surface area contributed by atoms with Gasteiger partial charge in [0.15, 0.2) is 0 Å². The van der Waals surface area contributed by atoms with Crippen molar-refractivity contribution in [2.24, 2.45) is 5.92 Å². The molecular weight excluding hydrogens is 340 g/mol. The molecule has 2 fully saturated rings. The molecule has 0 aliphatic carbocycles. The molecule has 0 aromatic heterocycles. The molecule has 0 saturated carbocycles. The van der Waals surface area contributed by atoms with Gasteiger partial charge in [-0.3, -0.25) is 9.59 Å². The summed E-state index contributed by atoms with van der Waals surface area (Å²) >= 11 is 5.92. The van der Waals surface area contributed by atoms with Crippen LogP contribution in [0.2, 0.25) is 5.02 Å². The van der Waals surface area contributed by atoms with Gasteiger partial charge in [-0.2, -0.15) is 0 Å². The Morgan fingerprint density at radius 1 is 1.20 bits per heavy atom. The number of morpholine rings is 1. The van der Waals surface area contributed by atoms with E-state index in [0.29, 0.717) is 44.3 Å². The van der Waals surface area contributed by atoms with E-state index >= 15 is 0 Å². The molecule has 1 aromatic carbocycles. The van der Waals surface area contributed by atoms with Crippen LogP contribution in [0.25, 0.3) is 0 Å². The second-order valence-corrected chi connectivity index (χ2v) is 7.30. The average Bonchev–Trinajstić information content (AvgIpc) is 3.12. The zero-order valence-corrected chi connectivity index (χ0v) is 15.4. The van der Waals surface area contributed by atoms with Crippen molar-refractivity contribution in [3.05, 3.63) is 34.9 Å². The number of benzene rings is 1. The second-order valence-electron chi connectivity index (χ2n) is 6.86. The molecule has 25 heavy (non-hydrogen) atoms. The largest absolute Gasteiger partial charge is 0.378 e. The fourth-order valence-electron chi connectivity index (χ4n) is 3.63. The summed E-state index contributed by atoms with van der Waals surface area (Å²) < 4.78 is 5.32. The van der Waals surface area contributed by atoms with E-state index < -0.39 is 0 Å². The number of likely N-dealkylation sites (tertiary alicyclic amines) is 1. The highest BCUT2D eigenvalue weighted by Crippen LogP contribution is 2.24. The zero-order chi connectivity index (χ0) is 17.8. The molecule has 3 rings (SSSR count). The molecule has 136 valence electrons. The summed E-state index contributed by atoms with van der Waals surface area (Å²) in [7, 11) is 0. The summed E-state index contributed by atoms with van der Waals surface area (Å²) in [6.07, 6.45) is 2.31. The Balaban J connectivity index is 1.63. The lowest BCUT2D eigenvalue weighted by Crippen LogP contribution is -2.52. The Morgan fingerprint density at radius 2 is 1.88 bits per heavy atom. The third-order valence-corrected chi connectivity index (χ3v) is 5.27. The van der Waals surface area contributed by atoms with Gasteiger partial charge in [-0.15, -0.1) is 0 Å². The maximum absolute atomic E-state index is 12.9. The maximum Gasteiger partial charge on any atom is 0.245 e. The molecule has 0 N–H and O–H groups in total. The quantitative estimate of drug-likeness (QED) is 0.824. The Kier molecular flexibility index (Phi) is 5.97. The van der Waals surface area contributed by atoms with E-state index in [1.165, 1.54) is 0 Å². The van der Waals surface area contributed by atoms with Gasteiger partial charge in [0.2, 0.25) is 11.8 Å². The summed E-state index contributed by atoms with van der Waals surface area (Å²) in [6.45, 7) is 5.02. The van der Waals surface area contributed by atoms with Gasteiger partial charge < -0.3 is 14.5 Å². The lowest BCUT2D eigenvalue weighted by molar-refractivity contribution is -0.148. The van der Waals surface area contributed by atoms with Crippen molar-refractivity contribution in [2.75, 3.05) is 32.8 Å². The first-order chi connectivity index (χ1) is 12.1. The first kappa shape index (κ1) is 18.2. The van der Waals surface area contributed by atoms with Crippen molar-refractivity contribution < 1.29 is 14.3 Å². The monoisotopic (exact) mass is 364 g/mol. The minimum Gasteiger partial charge on any atom is -0.378 e. The third-order valence-electron chi connectivity index (χ3n) is 5.02. The van der Waals surface area contributed by atoms with Crippen molar-refractivity contribution >= 4 is 23.4 Å². The van der Waals surface area contributed by atoms with Crippen molar-refractivity contribution in [3.63, 3.8) is 0 Å². The van der Waals surface area contributed by atoms with Crippen LogP contribution < -0.4 is 0 Å². The van der Waals surface area contributed by atoms with Crippen LogP contribution >= 0.6 is 11.6 Å². The smallest absolute Gasteiger partial charge is 0.245 e. The highest BCUT2D eigenvalue weighted by molar-refractivity contribution is 6.30. The molecule has 2 aliphatic heterocycles. The molecule has 1 aromatic rings. The Labute approximate surface area is 153 Å². The SMILES string of the molecule is CC(Cc1ccc(Cl)cc1)C(=O)N1CCC[C@@H]1C(=O)N1CCOCC1. The summed E-state index contributed by atoms with van der Waals surface area (Å²) in [5.41, 5.74) is 1.08. The third kappa shape index (κ3) is 4.33. The molecule has 2 aliphatic rings. The number of nitrogens with zero attached hydrogens (tertiary/aromatic N) is 2. The molecule has 2 heterocycles. The van der Waals surface area contributed by atoms with E-state index in [9.17, 15) is 9.59 Å². The van der Waals surface area contributed by atoms with Crippen LogP contribution in [0.3, 0.4) is 0 Å². The van der Waals surface area contributed by atoms with Gasteiger partial charge in [0.1, 0.15) is 6.04 Å². The van der Waals surface area contributed by atoms with E-state index in [2.05, 4.69) is 0 Å². The lowest BCUT2D eigenvalue weighted by atomic mass is 9.99. The highest BCUT2D eigenvalue weighted by Gasteiger charge is 2.38. The molecule has 6 heteroatoms. The Hall–Kier alpha value is -1.59. The Morgan fingerprint density at radius 3 is 2.56 bits per heavy atom. The van der Waals surface area contributed by atoms with Gasteiger partial charge in [0.05, 0.1) is 13.2 Å². The number of carbonyl (C=O) groups excluding carboxylic acids is 2. The molecule has 5 nitrogen and oxygen atoms in total. The Bertz CT molecular complexity index is 614. The number of rotatable bonds is 4. The van der Waals surface area contributed by atoms with Gasteiger partial charge in [-0.05, 0) is 37.0 Å². The minimum atomic E-state index is -0.307. The van der Waals surface area contributed by atoms with Crippen molar-refractivity contribution in [2.45, 2.75) is 32.2 Å². The number of ether oxygens (including phenoxy) is 1. The van der Waals surface area contributed by atoms with Crippen molar-refractivity contribution in [1.29, 1.82) is 0 Å². The van der Waals surface area contributed by atoms with Gasteiger partial charge >= 0.3 is 0 Å². The van der Waals surface area contributed by atoms with E-state index in [-0.39, 0.29) is 23.8 Å². The van der Waals surface area contributed by atoms with Crippen LogP contribution in [0.1, 0.15) is 25.3 Å². The van der Waals surface area contributed by atoms with Crippen LogP contribution in [0.4, 0.5) is 0 Å². The van der Waals surface area contributed by atoms with Crippen LogP contribution in [0.15, 0.2) is 24.3 Å². The number of amides is 2. The maximum atomic E-state index is 12.9. The molecule has 1 unspecified atom stereocenters. The van der Waals surface area contributed by atoms with Crippen LogP contribution in [-0.4, -0.2) is 60.5 Å². The number of carbonyl (C=O) groups is 2. The van der Waals surface area contributed by atoms with E-state index in [0.717, 1.165) is 18.4 Å². The second kappa shape index (κ2) is 8.19. The van der Waals surface area contributed by atoms with Crippen LogP contribution in [-0.2, 0) is 20.7 Å². The lowest BCUT2D eigenvalue weighted by Gasteiger charge is -2.33. The van der Waals surface area contributed by atoms with Gasteiger partial charge in [-0.1, -0.05) is 30.7 Å². The zero-order valence-electron chi connectivity index (χ0n) is 14.6. The molecular formula is C19H25ClN2O3. The predicted octanol–water partition coefficient (Wildman–Crippen LogP) is 2.37. The normalized spacial score (nSPS) is 22.1. The molecule has 0 radical (unpaired) electrons. The fraction of sp³-hybridized carbons (Fsp3) is 0.579. The van der Waals surface area contributed by atoms with E-state index in [4.69, 9.17) is 16.3 Å². The fourth-order valence-corrected chi connectivity index (χ4v) is 3.75. The number of halogens is 1. The van der Waals surface area contributed by atoms with E-state index in [1.807, 2.05) is 36.1 Å². The summed E-state index contributed by atoms with van der Waals surface area (Å²) in [6, 6.07) is 7.28. The molecule has 2 saturated heterocycles. The predicted molar refractivity (Wildman–Crippen MR) is 96.5 cm³/mol. The number of hydrogen-bond donors (Lipinski definition) is 0. The first-order valence-corrected chi connectivity index (χ1v) is 9.35. The van der Waals surface area contributed by atoms with Gasteiger partial charge in [-0.25, -0.2) is 0 Å². The van der Waals surface area contributed by atoms with E-state index in [1.54, 1.807) is 4.90 Å². The van der Waals surface area contributed by atoms with Crippen LogP contribution in [0, 0.1) is 5.92 Å². The highest BCUT2D eigenvalue weighted by atomic mass is 35.5. The molecule has 0 spiro atoms. The summed E-state index contributed by atoms with van der Waals surface area (Å²) in [5, 5.41) is 0.693. The average molecular weight is 365 g/mol. The first-order valence-electron chi connectivity index (χ1n) is 8.97. The summed E-state index contributed by atoms with van der Waals surface area (Å²) in [4.78, 5) is 29.3. The van der Waals surface area contributed by atoms with Crippen LogP contribution in [0.5, 0.6) is 0 Å².